The van der Waals surface area contributed by atoms with Crippen LogP contribution in [-0.4, -0.2) is 48.7 Å². The Bertz CT molecular complexity index is 250. The maximum atomic E-state index is 11.6. The Morgan fingerprint density at radius 3 is 2.65 bits per heavy atom. The molecule has 0 aromatic heterocycles. The van der Waals surface area contributed by atoms with Crippen molar-refractivity contribution in [2.24, 2.45) is 5.41 Å². The SMILES string of the molecule is CN(CC(=O)NCCCC(C)(C)CO)C1CC1. The fourth-order valence-corrected chi connectivity index (χ4v) is 1.80. The molecule has 0 aliphatic heterocycles. The van der Waals surface area contributed by atoms with Crippen LogP contribution in [0, 0.1) is 5.41 Å². The van der Waals surface area contributed by atoms with Crippen LogP contribution in [0.5, 0.6) is 0 Å². The smallest absolute Gasteiger partial charge is 0.234 e. The molecular formula is C13H26N2O2. The molecule has 17 heavy (non-hydrogen) atoms. The molecule has 1 saturated carbocycles. The standard InChI is InChI=1S/C13H26N2O2/c1-13(2,10-16)7-4-8-14-12(17)9-15(3)11-5-6-11/h11,16H,4-10H2,1-3H3,(H,14,17). The summed E-state index contributed by atoms with van der Waals surface area (Å²) < 4.78 is 0. The van der Waals surface area contributed by atoms with Gasteiger partial charge >= 0.3 is 0 Å². The van der Waals surface area contributed by atoms with Crippen molar-refractivity contribution < 1.29 is 9.90 Å². The van der Waals surface area contributed by atoms with E-state index in [0.29, 0.717) is 19.1 Å². The molecule has 0 aromatic rings. The molecule has 0 saturated heterocycles. The van der Waals surface area contributed by atoms with E-state index >= 15 is 0 Å². The van der Waals surface area contributed by atoms with Crippen molar-refractivity contribution in [1.29, 1.82) is 0 Å². The van der Waals surface area contributed by atoms with Crippen molar-refractivity contribution in [3.63, 3.8) is 0 Å². The van der Waals surface area contributed by atoms with Crippen LogP contribution >= 0.6 is 0 Å². The van der Waals surface area contributed by atoms with Crippen LogP contribution in [0.25, 0.3) is 0 Å². The van der Waals surface area contributed by atoms with Crippen molar-refractivity contribution >= 4 is 5.91 Å². The number of nitrogens with one attached hydrogen (secondary N) is 1. The summed E-state index contributed by atoms with van der Waals surface area (Å²) >= 11 is 0. The number of aliphatic hydroxyl groups excluding tert-OH is 1. The number of carbonyl (C=O) groups excluding carboxylic acids is 1. The summed E-state index contributed by atoms with van der Waals surface area (Å²) in [5.74, 6) is 0.112. The number of carbonyl (C=O) groups is 1. The molecule has 1 fully saturated rings. The van der Waals surface area contributed by atoms with Gasteiger partial charge in [0.2, 0.25) is 5.91 Å². The lowest BCUT2D eigenvalue weighted by molar-refractivity contribution is -0.122. The molecule has 0 unspecified atom stereocenters. The first-order valence-corrected chi connectivity index (χ1v) is 6.52. The number of hydrogen-bond donors (Lipinski definition) is 2. The van der Waals surface area contributed by atoms with Gasteiger partial charge in [0.05, 0.1) is 6.54 Å². The molecule has 100 valence electrons. The summed E-state index contributed by atoms with van der Waals surface area (Å²) in [7, 11) is 2.01. The Balaban J connectivity index is 2.03. The van der Waals surface area contributed by atoms with E-state index in [0.717, 1.165) is 12.8 Å². The van der Waals surface area contributed by atoms with Crippen LogP contribution in [0.2, 0.25) is 0 Å². The van der Waals surface area contributed by atoms with Crippen molar-refractivity contribution in [2.75, 3.05) is 26.7 Å². The van der Waals surface area contributed by atoms with E-state index in [4.69, 9.17) is 5.11 Å². The molecule has 0 heterocycles. The van der Waals surface area contributed by atoms with E-state index in [2.05, 4.69) is 10.2 Å². The summed E-state index contributed by atoms with van der Waals surface area (Å²) in [5, 5.41) is 12.0. The quantitative estimate of drug-likeness (QED) is 0.624. The topological polar surface area (TPSA) is 52.6 Å². The van der Waals surface area contributed by atoms with Gasteiger partial charge in [0.1, 0.15) is 0 Å². The monoisotopic (exact) mass is 242 g/mol. The van der Waals surface area contributed by atoms with Crippen molar-refractivity contribution in [1.82, 2.24) is 10.2 Å². The van der Waals surface area contributed by atoms with Crippen LogP contribution in [0.15, 0.2) is 0 Å². The fraction of sp³-hybridized carbons (Fsp3) is 0.923. The second kappa shape index (κ2) is 6.36. The number of amides is 1. The highest BCUT2D eigenvalue weighted by Gasteiger charge is 2.27. The predicted octanol–water partition coefficient (Wildman–Crippen LogP) is 0.995. The second-order valence-electron chi connectivity index (χ2n) is 5.92. The number of aliphatic hydroxyl groups is 1. The van der Waals surface area contributed by atoms with E-state index in [1.165, 1.54) is 12.8 Å². The summed E-state index contributed by atoms with van der Waals surface area (Å²) in [4.78, 5) is 13.7. The third-order valence-corrected chi connectivity index (χ3v) is 3.34. The van der Waals surface area contributed by atoms with E-state index in [1.807, 2.05) is 20.9 Å². The van der Waals surface area contributed by atoms with Gasteiger partial charge in [-0.15, -0.1) is 0 Å². The van der Waals surface area contributed by atoms with Crippen LogP contribution in [0.1, 0.15) is 39.5 Å². The molecule has 0 bridgehead atoms. The third kappa shape index (κ3) is 6.03. The first-order valence-electron chi connectivity index (χ1n) is 6.52. The molecule has 4 nitrogen and oxygen atoms in total. The average Bonchev–Trinajstić information content (AvgIpc) is 3.08. The van der Waals surface area contributed by atoms with Gasteiger partial charge in [0, 0.05) is 19.2 Å². The molecular weight excluding hydrogens is 216 g/mol. The van der Waals surface area contributed by atoms with Crippen molar-refractivity contribution in [2.45, 2.75) is 45.6 Å². The van der Waals surface area contributed by atoms with Gasteiger partial charge in [-0.2, -0.15) is 0 Å². The van der Waals surface area contributed by atoms with Gasteiger partial charge in [-0.3, -0.25) is 9.69 Å². The summed E-state index contributed by atoms with van der Waals surface area (Å²) in [6.07, 6.45) is 4.32. The molecule has 4 heteroatoms. The Hall–Kier alpha value is -0.610. The number of hydrogen-bond acceptors (Lipinski definition) is 3. The lowest BCUT2D eigenvalue weighted by atomic mass is 9.89. The molecule has 0 aromatic carbocycles. The fourth-order valence-electron chi connectivity index (χ4n) is 1.80. The zero-order valence-electron chi connectivity index (χ0n) is 11.3. The Labute approximate surface area is 104 Å². The summed E-state index contributed by atoms with van der Waals surface area (Å²) in [6, 6.07) is 0.633. The van der Waals surface area contributed by atoms with Gasteiger partial charge in [-0.1, -0.05) is 13.8 Å². The van der Waals surface area contributed by atoms with E-state index in [1.54, 1.807) is 0 Å². The Morgan fingerprint density at radius 1 is 1.47 bits per heavy atom. The lowest BCUT2D eigenvalue weighted by Crippen LogP contribution is -2.36. The molecule has 2 N–H and O–H groups in total. The van der Waals surface area contributed by atoms with Crippen LogP contribution in [0.3, 0.4) is 0 Å². The minimum Gasteiger partial charge on any atom is -0.396 e. The number of rotatable bonds is 8. The molecule has 1 amide bonds. The zero-order chi connectivity index (χ0) is 12.9. The number of nitrogens with zero attached hydrogens (tertiary/aromatic N) is 1. The number of likely N-dealkylation sites (N-methyl/N-ethyl adjacent to an activating group) is 1. The van der Waals surface area contributed by atoms with Gasteiger partial charge in [0.15, 0.2) is 0 Å². The molecule has 0 radical (unpaired) electrons. The van der Waals surface area contributed by atoms with Crippen LogP contribution < -0.4 is 5.32 Å². The Kier molecular flexibility index (Phi) is 5.40. The summed E-state index contributed by atoms with van der Waals surface area (Å²) in [5.41, 5.74) is -0.0322. The minimum absolute atomic E-state index is 0.0322. The molecule has 0 spiro atoms. The lowest BCUT2D eigenvalue weighted by Gasteiger charge is -2.21. The van der Waals surface area contributed by atoms with E-state index in [-0.39, 0.29) is 17.9 Å². The van der Waals surface area contributed by atoms with Crippen molar-refractivity contribution in [3.05, 3.63) is 0 Å². The van der Waals surface area contributed by atoms with E-state index < -0.39 is 0 Å². The first-order chi connectivity index (χ1) is 7.94. The molecule has 1 rings (SSSR count). The normalized spacial score (nSPS) is 16.3. The maximum Gasteiger partial charge on any atom is 0.234 e. The molecule has 1 aliphatic carbocycles. The average molecular weight is 242 g/mol. The molecule has 1 aliphatic rings. The van der Waals surface area contributed by atoms with Crippen LogP contribution in [-0.2, 0) is 4.79 Å². The highest BCUT2D eigenvalue weighted by Crippen LogP contribution is 2.24. The van der Waals surface area contributed by atoms with Gasteiger partial charge in [-0.05, 0) is 38.1 Å². The molecule has 0 atom stereocenters. The second-order valence-corrected chi connectivity index (χ2v) is 5.92. The largest absolute Gasteiger partial charge is 0.396 e. The third-order valence-electron chi connectivity index (χ3n) is 3.34. The maximum absolute atomic E-state index is 11.6. The minimum atomic E-state index is -0.0322. The first kappa shape index (κ1) is 14.5. The highest BCUT2D eigenvalue weighted by molar-refractivity contribution is 5.78. The van der Waals surface area contributed by atoms with Gasteiger partial charge in [-0.25, -0.2) is 0 Å². The van der Waals surface area contributed by atoms with Gasteiger partial charge in [0.25, 0.3) is 0 Å². The predicted molar refractivity (Wildman–Crippen MR) is 68.8 cm³/mol. The van der Waals surface area contributed by atoms with E-state index in [9.17, 15) is 4.79 Å². The summed E-state index contributed by atoms with van der Waals surface area (Å²) in [6.45, 7) is 5.49. The zero-order valence-corrected chi connectivity index (χ0v) is 11.3. The van der Waals surface area contributed by atoms with Gasteiger partial charge < -0.3 is 10.4 Å². The van der Waals surface area contributed by atoms with Crippen LogP contribution in [0.4, 0.5) is 0 Å². The van der Waals surface area contributed by atoms with Crippen molar-refractivity contribution in [3.8, 4) is 0 Å². The highest BCUT2D eigenvalue weighted by atomic mass is 16.3. The Morgan fingerprint density at radius 2 is 2.12 bits per heavy atom.